The van der Waals surface area contributed by atoms with E-state index in [-0.39, 0.29) is 30.8 Å². The summed E-state index contributed by atoms with van der Waals surface area (Å²) in [6.07, 6.45) is 0. The van der Waals surface area contributed by atoms with Gasteiger partial charge in [0.2, 0.25) is 5.91 Å². The number of hydrogen-bond donors (Lipinski definition) is 3. The first kappa shape index (κ1) is 17.0. The Balaban J connectivity index is 2.95. The maximum atomic E-state index is 12.6. The number of amides is 1. The standard InChI is InChI=1S/C15H23N3O3/c1-11(2)13(14(16)17-21)15(20)18(8-9-19)10-12-6-4-3-5-7-12/h3-7,11,13,19,21H,8-10H2,1-2H3,(H2,16,17). The van der Waals surface area contributed by atoms with E-state index in [0.29, 0.717) is 6.54 Å². The van der Waals surface area contributed by atoms with Crippen LogP contribution >= 0.6 is 0 Å². The Bertz CT molecular complexity index is 474. The van der Waals surface area contributed by atoms with Crippen LogP contribution in [0.2, 0.25) is 0 Å². The second kappa shape index (κ2) is 8.26. The van der Waals surface area contributed by atoms with E-state index in [1.54, 1.807) is 0 Å². The molecule has 0 aliphatic carbocycles. The number of aliphatic hydroxyl groups excluding tert-OH is 1. The summed E-state index contributed by atoms with van der Waals surface area (Å²) in [5.41, 5.74) is 6.60. The van der Waals surface area contributed by atoms with Crippen LogP contribution in [0.3, 0.4) is 0 Å². The van der Waals surface area contributed by atoms with Crippen molar-refractivity contribution < 1.29 is 15.1 Å². The molecule has 0 radical (unpaired) electrons. The minimum Gasteiger partial charge on any atom is -0.409 e. The van der Waals surface area contributed by atoms with Crippen molar-refractivity contribution in [3.05, 3.63) is 35.9 Å². The minimum absolute atomic E-state index is 0.106. The molecule has 0 aliphatic rings. The molecule has 1 rings (SSSR count). The second-order valence-electron chi connectivity index (χ2n) is 5.22. The lowest BCUT2D eigenvalue weighted by Crippen LogP contribution is -2.45. The summed E-state index contributed by atoms with van der Waals surface area (Å²) in [4.78, 5) is 14.1. The summed E-state index contributed by atoms with van der Waals surface area (Å²) in [5, 5.41) is 21.0. The highest BCUT2D eigenvalue weighted by atomic mass is 16.4. The van der Waals surface area contributed by atoms with Crippen molar-refractivity contribution in [2.75, 3.05) is 13.2 Å². The number of carbonyl (C=O) groups excluding carboxylic acids is 1. The van der Waals surface area contributed by atoms with Crippen LogP contribution in [0.25, 0.3) is 0 Å². The minimum atomic E-state index is -0.703. The average Bonchev–Trinajstić information content (AvgIpc) is 2.47. The number of nitrogens with two attached hydrogens (primary N) is 1. The maximum absolute atomic E-state index is 12.6. The Morgan fingerprint density at radius 3 is 2.43 bits per heavy atom. The van der Waals surface area contributed by atoms with Gasteiger partial charge in [-0.15, -0.1) is 0 Å². The Morgan fingerprint density at radius 2 is 1.95 bits per heavy atom. The van der Waals surface area contributed by atoms with E-state index in [1.807, 2.05) is 44.2 Å². The molecule has 1 aromatic rings. The third-order valence-corrected chi connectivity index (χ3v) is 3.26. The second-order valence-corrected chi connectivity index (χ2v) is 5.22. The van der Waals surface area contributed by atoms with Gasteiger partial charge in [-0.25, -0.2) is 0 Å². The number of aliphatic hydroxyl groups is 1. The fourth-order valence-corrected chi connectivity index (χ4v) is 2.20. The summed E-state index contributed by atoms with van der Waals surface area (Å²) in [5.74, 6) is -1.17. The van der Waals surface area contributed by atoms with Crippen molar-refractivity contribution in [1.29, 1.82) is 0 Å². The zero-order valence-corrected chi connectivity index (χ0v) is 12.4. The van der Waals surface area contributed by atoms with Crippen molar-refractivity contribution >= 4 is 11.7 Å². The van der Waals surface area contributed by atoms with Gasteiger partial charge in [-0.05, 0) is 11.5 Å². The number of carbonyl (C=O) groups is 1. The van der Waals surface area contributed by atoms with Gasteiger partial charge >= 0.3 is 0 Å². The van der Waals surface area contributed by atoms with Gasteiger partial charge in [-0.3, -0.25) is 4.79 Å². The lowest BCUT2D eigenvalue weighted by atomic mass is 9.93. The maximum Gasteiger partial charge on any atom is 0.234 e. The van der Waals surface area contributed by atoms with Crippen molar-refractivity contribution in [3.63, 3.8) is 0 Å². The van der Waals surface area contributed by atoms with Crippen LogP contribution < -0.4 is 5.73 Å². The summed E-state index contributed by atoms with van der Waals surface area (Å²) in [7, 11) is 0. The van der Waals surface area contributed by atoms with Crippen LogP contribution in [0.1, 0.15) is 19.4 Å². The number of rotatable bonds is 7. The summed E-state index contributed by atoms with van der Waals surface area (Å²) in [6, 6.07) is 9.49. The highest BCUT2D eigenvalue weighted by Gasteiger charge is 2.30. The molecule has 6 nitrogen and oxygen atoms in total. The molecule has 1 unspecified atom stereocenters. The van der Waals surface area contributed by atoms with Crippen LogP contribution in [-0.4, -0.2) is 40.1 Å². The Hall–Kier alpha value is -2.08. The monoisotopic (exact) mass is 293 g/mol. The van der Waals surface area contributed by atoms with E-state index in [2.05, 4.69) is 5.16 Å². The number of benzene rings is 1. The summed E-state index contributed by atoms with van der Waals surface area (Å²) >= 11 is 0. The molecule has 21 heavy (non-hydrogen) atoms. The van der Waals surface area contributed by atoms with E-state index in [0.717, 1.165) is 5.56 Å². The molecule has 0 aliphatic heterocycles. The van der Waals surface area contributed by atoms with E-state index < -0.39 is 5.92 Å². The van der Waals surface area contributed by atoms with E-state index >= 15 is 0 Å². The fraction of sp³-hybridized carbons (Fsp3) is 0.467. The predicted molar refractivity (Wildman–Crippen MR) is 80.7 cm³/mol. The molecule has 1 atom stereocenters. The van der Waals surface area contributed by atoms with E-state index in [9.17, 15) is 9.90 Å². The smallest absolute Gasteiger partial charge is 0.234 e. The van der Waals surface area contributed by atoms with Crippen LogP contribution in [0.15, 0.2) is 35.5 Å². The van der Waals surface area contributed by atoms with Gasteiger partial charge in [0.25, 0.3) is 0 Å². The summed E-state index contributed by atoms with van der Waals surface area (Å²) < 4.78 is 0. The summed E-state index contributed by atoms with van der Waals surface area (Å²) in [6.45, 7) is 4.11. The third-order valence-electron chi connectivity index (χ3n) is 3.26. The molecule has 6 heteroatoms. The highest BCUT2D eigenvalue weighted by molar-refractivity contribution is 6.02. The zero-order chi connectivity index (χ0) is 15.8. The molecular formula is C15H23N3O3. The SMILES string of the molecule is CC(C)C(C(=O)N(CCO)Cc1ccccc1)C(N)=NO. The van der Waals surface area contributed by atoms with Gasteiger partial charge in [0.15, 0.2) is 5.84 Å². The highest BCUT2D eigenvalue weighted by Crippen LogP contribution is 2.17. The Labute approximate surface area is 124 Å². The first-order valence-electron chi connectivity index (χ1n) is 6.92. The lowest BCUT2D eigenvalue weighted by Gasteiger charge is -2.28. The number of hydrogen-bond acceptors (Lipinski definition) is 4. The van der Waals surface area contributed by atoms with Crippen LogP contribution in [-0.2, 0) is 11.3 Å². The Kier molecular flexibility index (Phi) is 6.68. The Morgan fingerprint density at radius 1 is 1.33 bits per heavy atom. The predicted octanol–water partition coefficient (Wildman–Crippen LogP) is 1.03. The average molecular weight is 293 g/mol. The van der Waals surface area contributed by atoms with Gasteiger partial charge < -0.3 is 20.9 Å². The van der Waals surface area contributed by atoms with Crippen LogP contribution in [0.5, 0.6) is 0 Å². The molecule has 116 valence electrons. The molecule has 1 aromatic carbocycles. The fourth-order valence-electron chi connectivity index (χ4n) is 2.20. The van der Waals surface area contributed by atoms with Crippen LogP contribution in [0.4, 0.5) is 0 Å². The molecule has 0 saturated heterocycles. The van der Waals surface area contributed by atoms with Gasteiger partial charge in [0.05, 0.1) is 6.61 Å². The normalized spacial score (nSPS) is 13.2. The molecular weight excluding hydrogens is 270 g/mol. The van der Waals surface area contributed by atoms with Crippen molar-refractivity contribution in [1.82, 2.24) is 4.90 Å². The van der Waals surface area contributed by atoms with Crippen molar-refractivity contribution in [3.8, 4) is 0 Å². The largest absolute Gasteiger partial charge is 0.409 e. The molecule has 0 heterocycles. The molecule has 4 N–H and O–H groups in total. The molecule has 0 spiro atoms. The first-order chi connectivity index (χ1) is 10.0. The van der Waals surface area contributed by atoms with Crippen LogP contribution in [0, 0.1) is 11.8 Å². The van der Waals surface area contributed by atoms with Gasteiger partial charge in [0, 0.05) is 13.1 Å². The number of nitrogens with zero attached hydrogens (tertiary/aromatic N) is 2. The van der Waals surface area contributed by atoms with Gasteiger partial charge in [-0.2, -0.15) is 0 Å². The molecule has 1 amide bonds. The number of amidine groups is 1. The van der Waals surface area contributed by atoms with Gasteiger partial charge in [-0.1, -0.05) is 49.3 Å². The topological polar surface area (TPSA) is 99.2 Å². The molecule has 0 fully saturated rings. The molecule has 0 saturated carbocycles. The third kappa shape index (κ3) is 4.75. The van der Waals surface area contributed by atoms with E-state index in [4.69, 9.17) is 10.9 Å². The zero-order valence-electron chi connectivity index (χ0n) is 12.4. The van der Waals surface area contributed by atoms with Crippen molar-refractivity contribution in [2.24, 2.45) is 22.7 Å². The van der Waals surface area contributed by atoms with Crippen molar-refractivity contribution in [2.45, 2.75) is 20.4 Å². The van der Waals surface area contributed by atoms with Gasteiger partial charge in [0.1, 0.15) is 5.92 Å². The first-order valence-corrected chi connectivity index (χ1v) is 6.92. The molecule has 0 aromatic heterocycles. The van der Waals surface area contributed by atoms with E-state index in [1.165, 1.54) is 4.90 Å². The number of oxime groups is 1. The quantitative estimate of drug-likeness (QED) is 0.302. The lowest BCUT2D eigenvalue weighted by molar-refractivity contribution is -0.135. The molecule has 0 bridgehead atoms.